The molecule has 0 unspecified atom stereocenters. The fraction of sp³-hybridized carbons (Fsp3) is 0.571. The average molecular weight is 318 g/mol. The van der Waals surface area contributed by atoms with Crippen molar-refractivity contribution in [2.75, 3.05) is 40.1 Å². The normalized spacial score (nSPS) is 11.8. The summed E-state index contributed by atoms with van der Waals surface area (Å²) >= 11 is 0. The van der Waals surface area contributed by atoms with Crippen molar-refractivity contribution in [3.63, 3.8) is 0 Å². The van der Waals surface area contributed by atoms with Crippen LogP contribution in [-0.2, 0) is 30.7 Å². The van der Waals surface area contributed by atoms with E-state index in [1.165, 1.54) is 12.1 Å². The molecule has 0 saturated heterocycles. The van der Waals surface area contributed by atoms with Crippen LogP contribution in [0.3, 0.4) is 0 Å². The van der Waals surface area contributed by atoms with Crippen LogP contribution in [-0.4, -0.2) is 53.1 Å². The zero-order valence-electron chi connectivity index (χ0n) is 12.4. The molecule has 7 heteroatoms. The summed E-state index contributed by atoms with van der Waals surface area (Å²) in [7, 11) is -2.55. The molecule has 0 aliphatic heterocycles. The highest BCUT2D eigenvalue weighted by Crippen LogP contribution is 2.16. The first kappa shape index (κ1) is 18.1. The van der Waals surface area contributed by atoms with Crippen LogP contribution in [0.15, 0.2) is 23.1 Å². The molecule has 0 fully saturated rings. The maximum Gasteiger partial charge on any atom is 0.294 e. The Kier molecular flexibility index (Phi) is 7.84. The smallest absolute Gasteiger partial charge is 0.294 e. The van der Waals surface area contributed by atoms with E-state index in [2.05, 4.69) is 0 Å². The summed E-state index contributed by atoms with van der Waals surface area (Å²) in [5.74, 6) is 0. The molecule has 0 bridgehead atoms. The second-order valence-electron chi connectivity index (χ2n) is 4.53. The summed E-state index contributed by atoms with van der Waals surface area (Å²) in [5, 5.41) is 0. The summed E-state index contributed by atoms with van der Waals surface area (Å²) in [6.07, 6.45) is 0.577. The van der Waals surface area contributed by atoms with Crippen LogP contribution in [0.25, 0.3) is 0 Å². The second-order valence-corrected chi connectivity index (χ2v) is 5.95. The van der Waals surface area contributed by atoms with Crippen molar-refractivity contribution >= 4 is 10.1 Å². The maximum atomic E-state index is 11.1. The Morgan fingerprint density at radius 1 is 1.05 bits per heavy atom. The number of hydrogen-bond acceptors (Lipinski definition) is 5. The molecule has 6 nitrogen and oxygen atoms in total. The van der Waals surface area contributed by atoms with Crippen LogP contribution >= 0.6 is 0 Å². The quantitative estimate of drug-likeness (QED) is 0.519. The van der Waals surface area contributed by atoms with Crippen molar-refractivity contribution in [2.45, 2.75) is 18.2 Å². The molecule has 0 heterocycles. The molecule has 1 N–H and O–H groups in total. The van der Waals surface area contributed by atoms with Gasteiger partial charge in [0.25, 0.3) is 10.1 Å². The van der Waals surface area contributed by atoms with E-state index < -0.39 is 10.1 Å². The standard InChI is InChI=1S/C14H22O6S/c1-12-3-4-14(21(15,16)17)11-13(12)5-6-19-9-10-20-8-7-18-2/h3-4,11H,5-10H2,1-2H3,(H,15,16,17). The van der Waals surface area contributed by atoms with E-state index in [9.17, 15) is 8.42 Å². The topological polar surface area (TPSA) is 82.1 Å². The van der Waals surface area contributed by atoms with Crippen LogP contribution in [0.2, 0.25) is 0 Å². The summed E-state index contributed by atoms with van der Waals surface area (Å²) in [4.78, 5) is -0.0917. The first-order valence-corrected chi connectivity index (χ1v) is 8.10. The monoisotopic (exact) mass is 318 g/mol. The number of hydrogen-bond donors (Lipinski definition) is 1. The van der Waals surface area contributed by atoms with Crippen molar-refractivity contribution in [1.29, 1.82) is 0 Å². The van der Waals surface area contributed by atoms with E-state index in [-0.39, 0.29) is 4.90 Å². The van der Waals surface area contributed by atoms with Gasteiger partial charge in [0.1, 0.15) is 0 Å². The van der Waals surface area contributed by atoms with Crippen LogP contribution in [0, 0.1) is 6.92 Å². The van der Waals surface area contributed by atoms with Crippen LogP contribution < -0.4 is 0 Å². The van der Waals surface area contributed by atoms with Gasteiger partial charge >= 0.3 is 0 Å². The Morgan fingerprint density at radius 3 is 2.29 bits per heavy atom. The van der Waals surface area contributed by atoms with E-state index in [1.807, 2.05) is 6.92 Å². The third-order valence-electron chi connectivity index (χ3n) is 2.94. The number of aryl methyl sites for hydroxylation is 1. The first-order valence-electron chi connectivity index (χ1n) is 6.66. The number of benzene rings is 1. The molecule has 21 heavy (non-hydrogen) atoms. The zero-order chi connectivity index (χ0) is 15.7. The number of methoxy groups -OCH3 is 1. The Labute approximate surface area is 125 Å². The van der Waals surface area contributed by atoms with Crippen molar-refractivity contribution in [3.8, 4) is 0 Å². The lowest BCUT2D eigenvalue weighted by molar-refractivity contribution is 0.0255. The Hall–Kier alpha value is -0.990. The Bertz CT molecular complexity index is 526. The predicted octanol–water partition coefficient (Wildman–Crippen LogP) is 1.46. The minimum absolute atomic E-state index is 0.0917. The lowest BCUT2D eigenvalue weighted by atomic mass is 10.1. The minimum atomic E-state index is -4.16. The van der Waals surface area contributed by atoms with Gasteiger partial charge in [-0.2, -0.15) is 8.42 Å². The van der Waals surface area contributed by atoms with Gasteiger partial charge in [0.2, 0.25) is 0 Å². The highest BCUT2D eigenvalue weighted by atomic mass is 32.2. The molecule has 1 aromatic rings. The Morgan fingerprint density at radius 2 is 1.67 bits per heavy atom. The van der Waals surface area contributed by atoms with Gasteiger partial charge in [-0.15, -0.1) is 0 Å². The van der Waals surface area contributed by atoms with Gasteiger partial charge < -0.3 is 14.2 Å². The molecular weight excluding hydrogens is 296 g/mol. The molecule has 0 aliphatic rings. The van der Waals surface area contributed by atoms with Gasteiger partial charge in [-0.1, -0.05) is 6.07 Å². The zero-order valence-corrected chi connectivity index (χ0v) is 13.2. The summed E-state index contributed by atoms with van der Waals surface area (Å²) < 4.78 is 46.7. The number of ether oxygens (including phenoxy) is 3. The SMILES string of the molecule is COCCOCCOCCc1cc(S(=O)(=O)O)ccc1C. The summed E-state index contributed by atoms with van der Waals surface area (Å²) in [5.41, 5.74) is 1.80. The van der Waals surface area contributed by atoms with E-state index in [1.54, 1.807) is 13.2 Å². The lowest BCUT2D eigenvalue weighted by Crippen LogP contribution is -2.10. The molecule has 0 aliphatic carbocycles. The molecule has 0 amide bonds. The lowest BCUT2D eigenvalue weighted by Gasteiger charge is -2.09. The average Bonchev–Trinajstić information content (AvgIpc) is 2.42. The third kappa shape index (κ3) is 7.01. The Balaban J connectivity index is 2.35. The fourth-order valence-corrected chi connectivity index (χ4v) is 2.26. The molecule has 0 aromatic heterocycles. The van der Waals surface area contributed by atoms with Crippen molar-refractivity contribution in [2.24, 2.45) is 0 Å². The minimum Gasteiger partial charge on any atom is -0.382 e. The highest BCUT2D eigenvalue weighted by molar-refractivity contribution is 7.85. The molecule has 1 rings (SSSR count). The number of rotatable bonds is 10. The van der Waals surface area contributed by atoms with Crippen molar-refractivity contribution in [3.05, 3.63) is 29.3 Å². The van der Waals surface area contributed by atoms with Crippen LogP contribution in [0.1, 0.15) is 11.1 Å². The predicted molar refractivity (Wildman–Crippen MR) is 78.2 cm³/mol. The fourth-order valence-electron chi connectivity index (χ4n) is 1.72. The van der Waals surface area contributed by atoms with Crippen molar-refractivity contribution < 1.29 is 27.2 Å². The maximum absolute atomic E-state index is 11.1. The highest BCUT2D eigenvalue weighted by Gasteiger charge is 2.11. The van der Waals surface area contributed by atoms with Gasteiger partial charge in [0, 0.05) is 7.11 Å². The van der Waals surface area contributed by atoms with E-state index >= 15 is 0 Å². The van der Waals surface area contributed by atoms with Gasteiger partial charge in [0.05, 0.1) is 37.9 Å². The molecule has 1 aromatic carbocycles. The van der Waals surface area contributed by atoms with E-state index in [0.29, 0.717) is 39.5 Å². The van der Waals surface area contributed by atoms with Gasteiger partial charge in [0.15, 0.2) is 0 Å². The largest absolute Gasteiger partial charge is 0.382 e. The van der Waals surface area contributed by atoms with Gasteiger partial charge in [-0.25, -0.2) is 0 Å². The van der Waals surface area contributed by atoms with Crippen LogP contribution in [0.4, 0.5) is 0 Å². The first-order chi connectivity index (χ1) is 9.95. The summed E-state index contributed by atoms with van der Waals surface area (Å²) in [6.45, 7) is 4.41. The molecular formula is C14H22O6S. The van der Waals surface area contributed by atoms with Gasteiger partial charge in [-0.3, -0.25) is 4.55 Å². The summed E-state index contributed by atoms with van der Waals surface area (Å²) in [6, 6.07) is 4.54. The van der Waals surface area contributed by atoms with Gasteiger partial charge in [-0.05, 0) is 36.6 Å². The molecule has 0 spiro atoms. The second kappa shape index (κ2) is 9.11. The molecule has 0 saturated carbocycles. The van der Waals surface area contributed by atoms with Crippen molar-refractivity contribution in [1.82, 2.24) is 0 Å². The van der Waals surface area contributed by atoms with E-state index in [0.717, 1.165) is 11.1 Å². The molecule has 0 atom stereocenters. The molecule has 0 radical (unpaired) electrons. The third-order valence-corrected chi connectivity index (χ3v) is 3.79. The molecule has 120 valence electrons. The van der Waals surface area contributed by atoms with Crippen LogP contribution in [0.5, 0.6) is 0 Å². The van der Waals surface area contributed by atoms with E-state index in [4.69, 9.17) is 18.8 Å².